The highest BCUT2D eigenvalue weighted by atomic mass is 32.1. The molecule has 0 radical (unpaired) electrons. The zero-order valence-electron chi connectivity index (χ0n) is 14.6. The maximum absolute atomic E-state index is 4.45. The number of likely N-dealkylation sites (tertiary alicyclic amines) is 1. The van der Waals surface area contributed by atoms with Gasteiger partial charge in [-0.05, 0) is 67.4 Å². The molecule has 1 aliphatic rings. The summed E-state index contributed by atoms with van der Waals surface area (Å²) in [7, 11) is 0. The monoisotopic (exact) mass is 333 g/mol. The summed E-state index contributed by atoms with van der Waals surface area (Å²) in [5.41, 5.74) is -0.0737. The first-order valence-electron chi connectivity index (χ1n) is 8.59. The first-order chi connectivity index (χ1) is 11.0. The molecule has 0 amide bonds. The minimum absolute atomic E-state index is 0.0737. The maximum Gasteiger partial charge on any atom is 0.174 e. The Balaban J connectivity index is 2.02. The highest BCUT2D eigenvalue weighted by molar-refractivity contribution is 7.10. The summed E-state index contributed by atoms with van der Waals surface area (Å²) in [5, 5.41) is 15.0. The summed E-state index contributed by atoms with van der Waals surface area (Å²) in [6.45, 7) is 11.2. The van der Waals surface area contributed by atoms with Gasteiger partial charge < -0.3 is 0 Å². The van der Waals surface area contributed by atoms with E-state index in [1.54, 1.807) is 11.3 Å². The second kappa shape index (κ2) is 6.69. The average Bonchev–Trinajstić information content (AvgIpc) is 3.20. The zero-order valence-corrected chi connectivity index (χ0v) is 15.4. The lowest BCUT2D eigenvalue weighted by Crippen LogP contribution is -2.40. The third-order valence-corrected chi connectivity index (χ3v) is 5.97. The average molecular weight is 334 g/mol. The van der Waals surface area contributed by atoms with Gasteiger partial charge >= 0.3 is 0 Å². The fourth-order valence-electron chi connectivity index (χ4n) is 3.32. The molecule has 1 fully saturated rings. The lowest BCUT2D eigenvalue weighted by atomic mass is 9.97. The van der Waals surface area contributed by atoms with E-state index in [0.29, 0.717) is 0 Å². The lowest BCUT2D eigenvalue weighted by Gasteiger charge is -2.37. The van der Waals surface area contributed by atoms with Gasteiger partial charge in [0.25, 0.3) is 0 Å². The van der Waals surface area contributed by atoms with Crippen molar-refractivity contribution in [3.63, 3.8) is 0 Å². The molecule has 3 rings (SSSR count). The molecule has 0 N–H and O–H groups in total. The summed E-state index contributed by atoms with van der Waals surface area (Å²) < 4.78 is 2.04. The third kappa shape index (κ3) is 3.33. The SMILES string of the molecule is CCC(C)(C)n1nnnc1C(c1cccs1)N1CCCC(C)C1. The van der Waals surface area contributed by atoms with Crippen molar-refractivity contribution in [3.05, 3.63) is 28.2 Å². The van der Waals surface area contributed by atoms with E-state index < -0.39 is 0 Å². The molecule has 126 valence electrons. The number of hydrogen-bond acceptors (Lipinski definition) is 5. The van der Waals surface area contributed by atoms with Crippen LogP contribution in [0.3, 0.4) is 0 Å². The van der Waals surface area contributed by atoms with Crippen molar-refractivity contribution in [2.75, 3.05) is 13.1 Å². The molecule has 1 saturated heterocycles. The predicted molar refractivity (Wildman–Crippen MR) is 93.6 cm³/mol. The van der Waals surface area contributed by atoms with Crippen LogP contribution in [0.5, 0.6) is 0 Å². The van der Waals surface area contributed by atoms with E-state index in [2.05, 4.69) is 65.6 Å². The molecule has 0 bridgehead atoms. The molecule has 6 heteroatoms. The van der Waals surface area contributed by atoms with Gasteiger partial charge in [0, 0.05) is 11.4 Å². The first kappa shape index (κ1) is 16.6. The Labute approximate surface area is 142 Å². The molecule has 2 aromatic heterocycles. The highest BCUT2D eigenvalue weighted by Gasteiger charge is 2.34. The second-order valence-corrected chi connectivity index (χ2v) is 8.25. The molecule has 0 saturated carbocycles. The molecule has 0 aliphatic carbocycles. The van der Waals surface area contributed by atoms with Gasteiger partial charge in [0.15, 0.2) is 5.82 Å². The van der Waals surface area contributed by atoms with Crippen LogP contribution >= 0.6 is 11.3 Å². The predicted octanol–water partition coefficient (Wildman–Crippen LogP) is 3.70. The van der Waals surface area contributed by atoms with Crippen molar-refractivity contribution in [1.29, 1.82) is 0 Å². The van der Waals surface area contributed by atoms with Crippen LogP contribution in [0, 0.1) is 5.92 Å². The van der Waals surface area contributed by atoms with E-state index in [4.69, 9.17) is 0 Å². The van der Waals surface area contributed by atoms with Crippen LogP contribution in [-0.4, -0.2) is 38.2 Å². The lowest BCUT2D eigenvalue weighted by molar-refractivity contribution is 0.137. The summed E-state index contributed by atoms with van der Waals surface area (Å²) >= 11 is 1.80. The fraction of sp³-hybridized carbons (Fsp3) is 0.706. The Morgan fingerprint density at radius 3 is 2.91 bits per heavy atom. The van der Waals surface area contributed by atoms with E-state index in [-0.39, 0.29) is 11.6 Å². The molecule has 5 nitrogen and oxygen atoms in total. The normalized spacial score (nSPS) is 21.5. The van der Waals surface area contributed by atoms with Gasteiger partial charge in [-0.25, -0.2) is 4.68 Å². The van der Waals surface area contributed by atoms with Crippen LogP contribution in [-0.2, 0) is 5.54 Å². The third-order valence-electron chi connectivity index (χ3n) is 5.04. The minimum atomic E-state index is -0.0737. The largest absolute Gasteiger partial charge is 0.289 e. The molecule has 0 spiro atoms. The van der Waals surface area contributed by atoms with Crippen LogP contribution in [0.2, 0.25) is 0 Å². The summed E-state index contributed by atoms with van der Waals surface area (Å²) in [6.07, 6.45) is 3.57. The van der Waals surface area contributed by atoms with Crippen LogP contribution in [0.4, 0.5) is 0 Å². The Morgan fingerprint density at radius 1 is 1.43 bits per heavy atom. The molecular weight excluding hydrogens is 306 g/mol. The van der Waals surface area contributed by atoms with Crippen molar-refractivity contribution in [3.8, 4) is 0 Å². The number of piperidine rings is 1. The molecule has 2 atom stereocenters. The van der Waals surface area contributed by atoms with E-state index in [1.165, 1.54) is 17.7 Å². The van der Waals surface area contributed by atoms with Crippen molar-refractivity contribution in [2.24, 2.45) is 5.92 Å². The maximum atomic E-state index is 4.45. The van der Waals surface area contributed by atoms with Crippen molar-refractivity contribution in [2.45, 2.75) is 58.5 Å². The number of nitrogens with zero attached hydrogens (tertiary/aromatic N) is 5. The molecule has 3 heterocycles. The van der Waals surface area contributed by atoms with E-state index >= 15 is 0 Å². The summed E-state index contributed by atoms with van der Waals surface area (Å²) in [6, 6.07) is 4.50. The van der Waals surface area contributed by atoms with Crippen molar-refractivity contribution >= 4 is 11.3 Å². The van der Waals surface area contributed by atoms with Crippen LogP contribution < -0.4 is 0 Å². The summed E-state index contributed by atoms with van der Waals surface area (Å²) in [5.74, 6) is 1.71. The first-order valence-corrected chi connectivity index (χ1v) is 9.47. The molecule has 2 aromatic rings. The van der Waals surface area contributed by atoms with Gasteiger partial charge in [-0.3, -0.25) is 4.90 Å². The van der Waals surface area contributed by atoms with Gasteiger partial charge in [0.2, 0.25) is 0 Å². The van der Waals surface area contributed by atoms with Gasteiger partial charge in [-0.1, -0.05) is 19.9 Å². The molecule has 2 unspecified atom stereocenters. The van der Waals surface area contributed by atoms with Crippen LogP contribution in [0.15, 0.2) is 17.5 Å². The van der Waals surface area contributed by atoms with E-state index in [1.807, 2.05) is 4.68 Å². The Kier molecular flexibility index (Phi) is 4.82. The molecular formula is C17H27N5S. The van der Waals surface area contributed by atoms with Crippen molar-refractivity contribution < 1.29 is 0 Å². The van der Waals surface area contributed by atoms with Crippen LogP contribution in [0.25, 0.3) is 0 Å². The Morgan fingerprint density at radius 2 is 2.26 bits per heavy atom. The zero-order chi connectivity index (χ0) is 16.4. The minimum Gasteiger partial charge on any atom is -0.289 e. The molecule has 23 heavy (non-hydrogen) atoms. The quantitative estimate of drug-likeness (QED) is 0.837. The number of thiophene rings is 1. The van der Waals surface area contributed by atoms with E-state index in [0.717, 1.165) is 31.3 Å². The standard InChI is InChI=1S/C17H27N5S/c1-5-17(3,4)22-16(18-19-20-22)15(14-9-7-11-23-14)21-10-6-8-13(2)12-21/h7,9,11,13,15H,5-6,8,10,12H2,1-4H3. The second-order valence-electron chi connectivity index (χ2n) is 7.28. The summed E-state index contributed by atoms with van der Waals surface area (Å²) in [4.78, 5) is 3.90. The number of aromatic nitrogens is 4. The van der Waals surface area contributed by atoms with Crippen molar-refractivity contribution in [1.82, 2.24) is 25.1 Å². The number of hydrogen-bond donors (Lipinski definition) is 0. The van der Waals surface area contributed by atoms with Gasteiger partial charge in [-0.2, -0.15) is 0 Å². The Bertz CT molecular complexity index is 619. The Hall–Kier alpha value is -1.27. The van der Waals surface area contributed by atoms with Crippen LogP contribution in [0.1, 0.15) is 63.7 Å². The fourth-order valence-corrected chi connectivity index (χ4v) is 4.18. The molecule has 1 aliphatic heterocycles. The highest BCUT2D eigenvalue weighted by Crippen LogP contribution is 2.35. The van der Waals surface area contributed by atoms with E-state index in [9.17, 15) is 0 Å². The van der Waals surface area contributed by atoms with Gasteiger partial charge in [0.1, 0.15) is 6.04 Å². The molecule has 0 aromatic carbocycles. The van der Waals surface area contributed by atoms with Gasteiger partial charge in [-0.15, -0.1) is 16.4 Å². The smallest absolute Gasteiger partial charge is 0.174 e. The number of tetrazole rings is 1. The topological polar surface area (TPSA) is 46.8 Å². The van der Waals surface area contributed by atoms with Gasteiger partial charge in [0.05, 0.1) is 5.54 Å². The number of rotatable bonds is 5.